The van der Waals surface area contributed by atoms with E-state index >= 15 is 0 Å². The van der Waals surface area contributed by atoms with Crippen LogP contribution in [0.4, 0.5) is 5.82 Å². The minimum absolute atomic E-state index is 0.119. The van der Waals surface area contributed by atoms with E-state index in [-0.39, 0.29) is 5.91 Å². The number of hydrogen-bond donors (Lipinski definition) is 1. The van der Waals surface area contributed by atoms with Gasteiger partial charge in [0.2, 0.25) is 0 Å². The molecule has 1 saturated heterocycles. The molecule has 4 rings (SSSR count). The SMILES string of the molecule is O=C(NCCOc1ccccc1)c1cccc(-c2ccc(N3CCOCC3)nc2)c1. The van der Waals surface area contributed by atoms with Crippen LogP contribution >= 0.6 is 0 Å². The van der Waals surface area contributed by atoms with E-state index in [1.54, 1.807) is 0 Å². The number of carbonyl (C=O) groups is 1. The second-order valence-electron chi connectivity index (χ2n) is 7.00. The van der Waals surface area contributed by atoms with Crippen LogP contribution in [0.3, 0.4) is 0 Å². The first-order valence-electron chi connectivity index (χ1n) is 10.1. The lowest BCUT2D eigenvalue weighted by atomic mass is 10.0. The number of ether oxygens (including phenoxy) is 2. The molecule has 0 saturated carbocycles. The second kappa shape index (κ2) is 9.89. The average molecular weight is 403 g/mol. The van der Waals surface area contributed by atoms with Gasteiger partial charge in [-0.05, 0) is 42.0 Å². The normalized spacial score (nSPS) is 13.7. The van der Waals surface area contributed by atoms with Crippen LogP contribution in [0.5, 0.6) is 5.75 Å². The van der Waals surface area contributed by atoms with Gasteiger partial charge < -0.3 is 19.7 Å². The number of para-hydroxylation sites is 1. The third kappa shape index (κ3) is 5.15. The van der Waals surface area contributed by atoms with Crippen LogP contribution in [-0.2, 0) is 4.74 Å². The molecule has 2 aromatic carbocycles. The number of rotatable bonds is 7. The summed E-state index contributed by atoms with van der Waals surface area (Å²) in [6.07, 6.45) is 1.86. The Morgan fingerprint density at radius 1 is 1.00 bits per heavy atom. The van der Waals surface area contributed by atoms with Gasteiger partial charge in [0.25, 0.3) is 5.91 Å². The zero-order valence-electron chi connectivity index (χ0n) is 16.8. The van der Waals surface area contributed by atoms with E-state index < -0.39 is 0 Å². The predicted molar refractivity (Wildman–Crippen MR) is 117 cm³/mol. The fraction of sp³-hybridized carbons (Fsp3) is 0.250. The predicted octanol–water partition coefficient (Wildman–Crippen LogP) is 3.39. The molecule has 0 unspecified atom stereocenters. The van der Waals surface area contributed by atoms with Gasteiger partial charge >= 0.3 is 0 Å². The van der Waals surface area contributed by atoms with Crippen LogP contribution < -0.4 is 15.0 Å². The molecule has 1 aromatic heterocycles. The lowest BCUT2D eigenvalue weighted by Gasteiger charge is -2.27. The number of pyridine rings is 1. The maximum absolute atomic E-state index is 12.5. The minimum Gasteiger partial charge on any atom is -0.492 e. The third-order valence-electron chi connectivity index (χ3n) is 4.94. The summed E-state index contributed by atoms with van der Waals surface area (Å²) in [6.45, 7) is 4.04. The Kier molecular flexibility index (Phi) is 6.57. The van der Waals surface area contributed by atoms with Gasteiger partial charge in [-0.25, -0.2) is 4.98 Å². The number of amides is 1. The van der Waals surface area contributed by atoms with Crippen LogP contribution in [0, 0.1) is 0 Å². The highest BCUT2D eigenvalue weighted by Crippen LogP contribution is 2.22. The number of nitrogens with one attached hydrogen (secondary N) is 1. The third-order valence-corrected chi connectivity index (χ3v) is 4.94. The Morgan fingerprint density at radius 3 is 2.60 bits per heavy atom. The first-order chi connectivity index (χ1) is 14.8. The van der Waals surface area contributed by atoms with E-state index in [1.165, 1.54) is 0 Å². The van der Waals surface area contributed by atoms with Gasteiger partial charge in [-0.2, -0.15) is 0 Å². The van der Waals surface area contributed by atoms with Crippen molar-refractivity contribution >= 4 is 11.7 Å². The number of anilines is 1. The van der Waals surface area contributed by atoms with Gasteiger partial charge in [-0.1, -0.05) is 30.3 Å². The molecule has 0 bridgehead atoms. The molecule has 6 heteroatoms. The van der Waals surface area contributed by atoms with Crippen molar-refractivity contribution in [2.45, 2.75) is 0 Å². The zero-order chi connectivity index (χ0) is 20.6. The van der Waals surface area contributed by atoms with Gasteiger partial charge in [-0.15, -0.1) is 0 Å². The van der Waals surface area contributed by atoms with Crippen LogP contribution in [0.2, 0.25) is 0 Å². The summed E-state index contributed by atoms with van der Waals surface area (Å²) in [5.41, 5.74) is 2.56. The molecule has 0 radical (unpaired) electrons. The lowest BCUT2D eigenvalue weighted by molar-refractivity contribution is 0.0947. The van der Waals surface area contributed by atoms with Gasteiger partial charge in [0.15, 0.2) is 0 Å². The van der Waals surface area contributed by atoms with Crippen LogP contribution in [-0.4, -0.2) is 50.3 Å². The zero-order valence-corrected chi connectivity index (χ0v) is 16.8. The van der Waals surface area contributed by atoms with Gasteiger partial charge in [-0.3, -0.25) is 4.79 Å². The van der Waals surface area contributed by atoms with E-state index in [4.69, 9.17) is 9.47 Å². The highest BCUT2D eigenvalue weighted by molar-refractivity contribution is 5.95. The molecular weight excluding hydrogens is 378 g/mol. The molecule has 0 spiro atoms. The van der Waals surface area contributed by atoms with E-state index in [1.807, 2.05) is 72.9 Å². The molecule has 1 fully saturated rings. The first-order valence-corrected chi connectivity index (χ1v) is 10.1. The fourth-order valence-electron chi connectivity index (χ4n) is 3.33. The Bertz CT molecular complexity index is 955. The largest absolute Gasteiger partial charge is 0.492 e. The topological polar surface area (TPSA) is 63.7 Å². The number of benzene rings is 2. The Hall–Kier alpha value is -3.38. The van der Waals surface area contributed by atoms with Gasteiger partial charge in [0.1, 0.15) is 18.2 Å². The first kappa shape index (κ1) is 19.9. The number of morpholine rings is 1. The van der Waals surface area contributed by atoms with Crippen molar-refractivity contribution in [2.75, 3.05) is 44.4 Å². The highest BCUT2D eigenvalue weighted by atomic mass is 16.5. The Labute approximate surface area is 176 Å². The summed E-state index contributed by atoms with van der Waals surface area (Å²) in [4.78, 5) is 19.3. The fourth-order valence-corrected chi connectivity index (χ4v) is 3.33. The average Bonchev–Trinajstić information content (AvgIpc) is 2.83. The van der Waals surface area contributed by atoms with Crippen molar-refractivity contribution in [3.63, 3.8) is 0 Å². The molecule has 6 nitrogen and oxygen atoms in total. The van der Waals surface area contributed by atoms with Crippen molar-refractivity contribution < 1.29 is 14.3 Å². The van der Waals surface area contributed by atoms with Gasteiger partial charge in [0.05, 0.1) is 19.8 Å². The highest BCUT2D eigenvalue weighted by Gasteiger charge is 2.13. The molecule has 1 aliphatic rings. The van der Waals surface area contributed by atoms with Gasteiger partial charge in [0, 0.05) is 30.4 Å². The maximum Gasteiger partial charge on any atom is 0.251 e. The standard InChI is InChI=1S/C24H25N3O3/c28-24(25-11-14-30-22-7-2-1-3-8-22)20-6-4-5-19(17-20)21-9-10-23(26-18-21)27-12-15-29-16-13-27/h1-10,17-18H,11-16H2,(H,25,28). The molecule has 30 heavy (non-hydrogen) atoms. The van der Waals surface area contributed by atoms with Crippen LogP contribution in [0.25, 0.3) is 11.1 Å². The molecule has 1 aliphatic heterocycles. The summed E-state index contributed by atoms with van der Waals surface area (Å²) in [5.74, 6) is 1.63. The van der Waals surface area contributed by atoms with E-state index in [9.17, 15) is 4.79 Å². The van der Waals surface area contributed by atoms with Crippen molar-refractivity contribution in [2.24, 2.45) is 0 Å². The number of nitrogens with zero attached hydrogens (tertiary/aromatic N) is 2. The Balaban J connectivity index is 1.34. The van der Waals surface area contributed by atoms with Crippen molar-refractivity contribution in [1.82, 2.24) is 10.3 Å². The lowest BCUT2D eigenvalue weighted by Crippen LogP contribution is -2.36. The van der Waals surface area contributed by atoms with Crippen molar-refractivity contribution in [3.8, 4) is 16.9 Å². The summed E-state index contributed by atoms with van der Waals surface area (Å²) in [5, 5.41) is 2.90. The molecule has 1 N–H and O–H groups in total. The Morgan fingerprint density at radius 2 is 1.83 bits per heavy atom. The van der Waals surface area contributed by atoms with E-state index in [0.717, 1.165) is 49.0 Å². The molecule has 0 atom stereocenters. The number of hydrogen-bond acceptors (Lipinski definition) is 5. The van der Waals surface area contributed by atoms with Crippen molar-refractivity contribution in [3.05, 3.63) is 78.5 Å². The second-order valence-corrected chi connectivity index (χ2v) is 7.00. The monoisotopic (exact) mass is 403 g/mol. The molecule has 1 amide bonds. The van der Waals surface area contributed by atoms with E-state index in [2.05, 4.69) is 15.2 Å². The summed E-state index contributed by atoms with van der Waals surface area (Å²) >= 11 is 0. The molecule has 3 aromatic rings. The van der Waals surface area contributed by atoms with E-state index in [0.29, 0.717) is 18.7 Å². The summed E-state index contributed by atoms with van der Waals surface area (Å²) in [7, 11) is 0. The quantitative estimate of drug-likeness (QED) is 0.613. The minimum atomic E-state index is -0.119. The van der Waals surface area contributed by atoms with Crippen LogP contribution in [0.1, 0.15) is 10.4 Å². The summed E-state index contributed by atoms with van der Waals surface area (Å²) < 4.78 is 11.0. The van der Waals surface area contributed by atoms with Crippen LogP contribution in [0.15, 0.2) is 72.9 Å². The molecular formula is C24H25N3O3. The maximum atomic E-state index is 12.5. The molecule has 154 valence electrons. The summed E-state index contributed by atoms with van der Waals surface area (Å²) in [6, 6.07) is 21.2. The molecule has 2 heterocycles. The number of carbonyl (C=O) groups excluding carboxylic acids is 1. The number of aromatic nitrogens is 1. The smallest absolute Gasteiger partial charge is 0.251 e. The molecule has 0 aliphatic carbocycles. The van der Waals surface area contributed by atoms with Crippen molar-refractivity contribution in [1.29, 1.82) is 0 Å².